The lowest BCUT2D eigenvalue weighted by atomic mass is 10.0. The topological polar surface area (TPSA) is 68.1 Å². The van der Waals surface area contributed by atoms with Crippen LogP contribution in [0.5, 0.6) is 0 Å². The first-order valence-electron chi connectivity index (χ1n) is 6.45. The molecule has 0 amide bonds. The highest BCUT2D eigenvalue weighted by molar-refractivity contribution is 5.37. The zero-order valence-electron chi connectivity index (χ0n) is 11.5. The first kappa shape index (κ1) is 14.1. The Balaban J connectivity index is 2.32. The molecule has 0 aliphatic rings. The number of hydrogen-bond acceptors (Lipinski definition) is 4. The van der Waals surface area contributed by atoms with Crippen LogP contribution in [0.2, 0.25) is 0 Å². The summed E-state index contributed by atoms with van der Waals surface area (Å²) >= 11 is 0. The number of nitrogens with zero attached hydrogens (tertiary/aromatic N) is 2. The van der Waals surface area contributed by atoms with Crippen molar-refractivity contribution in [3.05, 3.63) is 69.5 Å². The molecule has 0 saturated heterocycles. The van der Waals surface area contributed by atoms with E-state index < -0.39 is 0 Å². The molecule has 5 nitrogen and oxygen atoms in total. The number of nitro groups is 1. The number of nitrogens with one attached hydrogen (secondary N) is 1. The third kappa shape index (κ3) is 3.19. The fourth-order valence-corrected chi connectivity index (χ4v) is 2.18. The van der Waals surface area contributed by atoms with Crippen LogP contribution in [0.3, 0.4) is 0 Å². The van der Waals surface area contributed by atoms with Crippen LogP contribution in [-0.4, -0.2) is 17.0 Å². The molecule has 0 spiro atoms. The average molecular weight is 271 g/mol. The van der Waals surface area contributed by atoms with Gasteiger partial charge in [-0.1, -0.05) is 30.3 Å². The Bertz CT molecular complexity index is 599. The molecule has 20 heavy (non-hydrogen) atoms. The second-order valence-electron chi connectivity index (χ2n) is 4.63. The van der Waals surface area contributed by atoms with Crippen LogP contribution in [0.1, 0.15) is 23.0 Å². The number of aryl methyl sites for hydroxylation is 1. The molecule has 1 heterocycles. The molecule has 0 radical (unpaired) electrons. The molecule has 0 bridgehead atoms. The molecular weight excluding hydrogens is 254 g/mol. The molecule has 0 aliphatic heterocycles. The molecule has 5 heteroatoms. The third-order valence-electron chi connectivity index (χ3n) is 3.23. The van der Waals surface area contributed by atoms with Crippen molar-refractivity contribution >= 4 is 5.69 Å². The minimum absolute atomic E-state index is 0.00389. The molecule has 1 atom stereocenters. The Morgan fingerprint density at radius 1 is 1.25 bits per heavy atom. The second-order valence-corrected chi connectivity index (χ2v) is 4.63. The van der Waals surface area contributed by atoms with Crippen LogP contribution in [0, 0.1) is 17.0 Å². The van der Waals surface area contributed by atoms with Crippen LogP contribution < -0.4 is 5.32 Å². The summed E-state index contributed by atoms with van der Waals surface area (Å²) in [6, 6.07) is 13.1. The quantitative estimate of drug-likeness (QED) is 0.670. The summed E-state index contributed by atoms with van der Waals surface area (Å²) in [6.07, 6.45) is 0.485. The molecule has 1 aromatic heterocycles. The number of rotatable bonds is 5. The lowest BCUT2D eigenvalue weighted by molar-refractivity contribution is -0.386. The Morgan fingerprint density at radius 2 is 1.95 bits per heavy atom. The maximum Gasteiger partial charge on any atom is 0.290 e. The smallest absolute Gasteiger partial charge is 0.290 e. The van der Waals surface area contributed by atoms with Crippen molar-refractivity contribution in [3.63, 3.8) is 0 Å². The van der Waals surface area contributed by atoms with Crippen molar-refractivity contribution in [3.8, 4) is 0 Å². The first-order valence-corrected chi connectivity index (χ1v) is 6.45. The SMILES string of the molecule is CNC(Cc1nc(C)ccc1[N+](=O)[O-])c1ccccc1. The van der Waals surface area contributed by atoms with Gasteiger partial charge in [0.1, 0.15) is 5.69 Å². The van der Waals surface area contributed by atoms with Gasteiger partial charge >= 0.3 is 0 Å². The second kappa shape index (κ2) is 6.25. The van der Waals surface area contributed by atoms with Crippen LogP contribution in [0.4, 0.5) is 5.69 Å². The van der Waals surface area contributed by atoms with E-state index in [1.54, 1.807) is 6.07 Å². The summed E-state index contributed by atoms with van der Waals surface area (Å²) in [7, 11) is 1.85. The molecule has 1 unspecified atom stereocenters. The fraction of sp³-hybridized carbons (Fsp3) is 0.267. The molecule has 1 aromatic carbocycles. The van der Waals surface area contributed by atoms with Crippen molar-refractivity contribution in [2.24, 2.45) is 0 Å². The van der Waals surface area contributed by atoms with E-state index in [1.165, 1.54) is 6.07 Å². The summed E-state index contributed by atoms with van der Waals surface area (Å²) in [4.78, 5) is 15.0. The summed E-state index contributed by atoms with van der Waals surface area (Å²) in [5.41, 5.74) is 2.46. The largest absolute Gasteiger partial charge is 0.313 e. The maximum absolute atomic E-state index is 11.1. The normalized spacial score (nSPS) is 12.1. The van der Waals surface area contributed by atoms with Gasteiger partial charge in [-0.3, -0.25) is 15.1 Å². The molecule has 0 aliphatic carbocycles. The zero-order valence-corrected chi connectivity index (χ0v) is 11.5. The van der Waals surface area contributed by atoms with Gasteiger partial charge in [-0.25, -0.2) is 0 Å². The Labute approximate surface area is 117 Å². The summed E-state index contributed by atoms with van der Waals surface area (Å²) in [5, 5.41) is 14.3. The fourth-order valence-electron chi connectivity index (χ4n) is 2.18. The summed E-state index contributed by atoms with van der Waals surface area (Å²) < 4.78 is 0. The van der Waals surface area contributed by atoms with Gasteiger partial charge in [0.2, 0.25) is 0 Å². The van der Waals surface area contributed by atoms with Gasteiger partial charge in [-0.15, -0.1) is 0 Å². The first-order chi connectivity index (χ1) is 9.61. The number of likely N-dealkylation sites (N-methyl/N-ethyl adjacent to an activating group) is 1. The predicted octanol–water partition coefficient (Wildman–Crippen LogP) is 2.80. The van der Waals surface area contributed by atoms with Crippen LogP contribution in [0.15, 0.2) is 42.5 Å². The molecule has 1 N–H and O–H groups in total. The van der Waals surface area contributed by atoms with E-state index in [1.807, 2.05) is 44.3 Å². The standard InChI is InChI=1S/C15H17N3O2/c1-11-8-9-15(18(19)20)14(17-11)10-13(16-2)12-6-4-3-5-7-12/h3-9,13,16H,10H2,1-2H3. The minimum atomic E-state index is -0.376. The maximum atomic E-state index is 11.1. The van der Waals surface area contributed by atoms with E-state index in [0.29, 0.717) is 12.1 Å². The van der Waals surface area contributed by atoms with Crippen molar-refractivity contribution < 1.29 is 4.92 Å². The van der Waals surface area contributed by atoms with Gasteiger partial charge in [0.05, 0.1) is 4.92 Å². The van der Waals surface area contributed by atoms with Gasteiger partial charge in [0, 0.05) is 24.2 Å². The zero-order chi connectivity index (χ0) is 14.5. The highest BCUT2D eigenvalue weighted by Crippen LogP contribution is 2.23. The van der Waals surface area contributed by atoms with E-state index in [2.05, 4.69) is 10.3 Å². The molecule has 0 fully saturated rings. The van der Waals surface area contributed by atoms with Crippen molar-refractivity contribution in [2.45, 2.75) is 19.4 Å². The van der Waals surface area contributed by atoms with Crippen LogP contribution >= 0.6 is 0 Å². The highest BCUT2D eigenvalue weighted by atomic mass is 16.6. The number of aromatic nitrogens is 1. The lowest BCUT2D eigenvalue weighted by Crippen LogP contribution is -2.20. The lowest BCUT2D eigenvalue weighted by Gasteiger charge is -2.16. The third-order valence-corrected chi connectivity index (χ3v) is 3.23. The van der Waals surface area contributed by atoms with Gasteiger partial charge in [-0.2, -0.15) is 0 Å². The summed E-state index contributed by atoms with van der Waals surface area (Å²) in [6.45, 7) is 1.84. The number of hydrogen-bond donors (Lipinski definition) is 1. The minimum Gasteiger partial charge on any atom is -0.313 e. The Kier molecular flexibility index (Phi) is 4.42. The Hall–Kier alpha value is -2.27. The van der Waals surface area contributed by atoms with E-state index in [4.69, 9.17) is 0 Å². The predicted molar refractivity (Wildman–Crippen MR) is 77.6 cm³/mol. The van der Waals surface area contributed by atoms with E-state index in [0.717, 1.165) is 11.3 Å². The van der Waals surface area contributed by atoms with E-state index >= 15 is 0 Å². The van der Waals surface area contributed by atoms with Gasteiger partial charge in [0.15, 0.2) is 0 Å². The van der Waals surface area contributed by atoms with Crippen molar-refractivity contribution in [1.29, 1.82) is 0 Å². The number of benzene rings is 1. The average Bonchev–Trinajstić information content (AvgIpc) is 2.45. The van der Waals surface area contributed by atoms with Crippen molar-refractivity contribution in [2.75, 3.05) is 7.05 Å². The molecule has 2 rings (SSSR count). The Morgan fingerprint density at radius 3 is 2.55 bits per heavy atom. The number of pyridine rings is 1. The molecule has 2 aromatic rings. The van der Waals surface area contributed by atoms with E-state index in [9.17, 15) is 10.1 Å². The summed E-state index contributed by atoms with van der Waals surface area (Å²) in [5.74, 6) is 0. The molecule has 0 saturated carbocycles. The molecular formula is C15H17N3O2. The van der Waals surface area contributed by atoms with E-state index in [-0.39, 0.29) is 16.7 Å². The van der Waals surface area contributed by atoms with Gasteiger partial charge < -0.3 is 5.32 Å². The van der Waals surface area contributed by atoms with Gasteiger partial charge in [0.25, 0.3) is 5.69 Å². The van der Waals surface area contributed by atoms with Crippen molar-refractivity contribution in [1.82, 2.24) is 10.3 Å². The van der Waals surface area contributed by atoms with Gasteiger partial charge in [-0.05, 0) is 25.6 Å². The van der Waals surface area contributed by atoms with Crippen LogP contribution in [-0.2, 0) is 6.42 Å². The monoisotopic (exact) mass is 271 g/mol. The molecule has 104 valence electrons. The van der Waals surface area contributed by atoms with Crippen LogP contribution in [0.25, 0.3) is 0 Å². The highest BCUT2D eigenvalue weighted by Gasteiger charge is 2.19.